The first-order valence-electron chi connectivity index (χ1n) is 5.28. The SMILES string of the molecule is CC(Nc1nc(Cl)c(C#N)s1)c1ccc(N)cc1. The molecule has 0 aliphatic rings. The number of hydrogen-bond acceptors (Lipinski definition) is 5. The van der Waals surface area contributed by atoms with E-state index in [1.54, 1.807) is 0 Å². The van der Waals surface area contributed by atoms with Crippen LogP contribution in [0.3, 0.4) is 0 Å². The Hall–Kier alpha value is -1.77. The van der Waals surface area contributed by atoms with E-state index < -0.39 is 0 Å². The highest BCUT2D eigenvalue weighted by Crippen LogP contribution is 2.28. The Bertz CT molecular complexity index is 585. The van der Waals surface area contributed by atoms with Gasteiger partial charge in [0.05, 0.1) is 6.04 Å². The van der Waals surface area contributed by atoms with E-state index in [4.69, 9.17) is 22.6 Å². The molecule has 18 heavy (non-hydrogen) atoms. The van der Waals surface area contributed by atoms with Crippen LogP contribution in [0.5, 0.6) is 0 Å². The summed E-state index contributed by atoms with van der Waals surface area (Å²) in [5.74, 6) is 0. The maximum Gasteiger partial charge on any atom is 0.185 e. The summed E-state index contributed by atoms with van der Waals surface area (Å²) in [4.78, 5) is 4.51. The zero-order valence-electron chi connectivity index (χ0n) is 9.64. The van der Waals surface area contributed by atoms with E-state index in [0.717, 1.165) is 11.3 Å². The molecule has 1 aromatic carbocycles. The first-order valence-corrected chi connectivity index (χ1v) is 6.48. The normalized spacial score (nSPS) is 11.8. The Kier molecular flexibility index (Phi) is 3.70. The number of halogens is 1. The van der Waals surface area contributed by atoms with Crippen LogP contribution in [-0.2, 0) is 0 Å². The molecule has 0 bridgehead atoms. The van der Waals surface area contributed by atoms with Gasteiger partial charge >= 0.3 is 0 Å². The molecule has 1 unspecified atom stereocenters. The molecule has 0 aliphatic carbocycles. The Labute approximate surface area is 114 Å². The van der Waals surface area contributed by atoms with Crippen molar-refractivity contribution in [1.82, 2.24) is 4.98 Å². The zero-order chi connectivity index (χ0) is 13.1. The Morgan fingerprint density at radius 3 is 2.67 bits per heavy atom. The molecule has 0 saturated heterocycles. The van der Waals surface area contributed by atoms with Crippen LogP contribution >= 0.6 is 22.9 Å². The van der Waals surface area contributed by atoms with E-state index in [-0.39, 0.29) is 11.2 Å². The summed E-state index contributed by atoms with van der Waals surface area (Å²) in [5.41, 5.74) is 7.46. The number of benzene rings is 1. The maximum atomic E-state index is 8.81. The second-order valence-electron chi connectivity index (χ2n) is 3.78. The van der Waals surface area contributed by atoms with Gasteiger partial charge in [0, 0.05) is 5.69 Å². The summed E-state index contributed by atoms with van der Waals surface area (Å²) >= 11 is 7.06. The van der Waals surface area contributed by atoms with E-state index in [2.05, 4.69) is 10.3 Å². The zero-order valence-corrected chi connectivity index (χ0v) is 11.2. The van der Waals surface area contributed by atoms with Gasteiger partial charge in [-0.25, -0.2) is 4.98 Å². The Balaban J connectivity index is 2.13. The van der Waals surface area contributed by atoms with Gasteiger partial charge in [0.15, 0.2) is 10.3 Å². The number of nitrogens with two attached hydrogens (primary N) is 1. The first kappa shape index (κ1) is 12.7. The Morgan fingerprint density at radius 2 is 2.11 bits per heavy atom. The van der Waals surface area contributed by atoms with Gasteiger partial charge in [0.1, 0.15) is 10.9 Å². The van der Waals surface area contributed by atoms with E-state index in [9.17, 15) is 0 Å². The van der Waals surface area contributed by atoms with Gasteiger partial charge in [-0.05, 0) is 24.6 Å². The van der Waals surface area contributed by atoms with Crippen molar-refractivity contribution >= 4 is 33.8 Å². The van der Waals surface area contributed by atoms with Gasteiger partial charge in [-0.3, -0.25) is 0 Å². The van der Waals surface area contributed by atoms with Gasteiger partial charge in [-0.15, -0.1) is 0 Å². The lowest BCUT2D eigenvalue weighted by Crippen LogP contribution is -2.06. The summed E-state index contributed by atoms with van der Waals surface area (Å²) in [7, 11) is 0. The minimum absolute atomic E-state index is 0.0689. The van der Waals surface area contributed by atoms with Gasteiger partial charge in [0.25, 0.3) is 0 Å². The number of hydrogen-bond donors (Lipinski definition) is 2. The average Bonchev–Trinajstić information content (AvgIpc) is 2.70. The molecular weight excluding hydrogens is 268 g/mol. The van der Waals surface area contributed by atoms with Crippen LogP contribution in [0.2, 0.25) is 5.15 Å². The van der Waals surface area contributed by atoms with Crippen LogP contribution in [0.15, 0.2) is 24.3 Å². The van der Waals surface area contributed by atoms with Gasteiger partial charge in [-0.1, -0.05) is 35.1 Å². The van der Waals surface area contributed by atoms with Crippen LogP contribution in [0.1, 0.15) is 23.4 Å². The van der Waals surface area contributed by atoms with Crippen molar-refractivity contribution in [2.24, 2.45) is 0 Å². The molecule has 6 heteroatoms. The van der Waals surface area contributed by atoms with E-state index in [1.165, 1.54) is 11.3 Å². The molecule has 1 atom stereocenters. The third-order valence-electron chi connectivity index (χ3n) is 2.46. The molecular formula is C12H11ClN4S. The van der Waals surface area contributed by atoms with Gasteiger partial charge in [-0.2, -0.15) is 5.26 Å². The van der Waals surface area contributed by atoms with Crippen LogP contribution in [0, 0.1) is 11.3 Å². The number of anilines is 2. The summed E-state index contributed by atoms with van der Waals surface area (Å²) < 4.78 is 0. The van der Waals surface area contributed by atoms with Crippen molar-refractivity contribution in [3.63, 3.8) is 0 Å². The molecule has 0 radical (unpaired) electrons. The molecule has 0 saturated carbocycles. The number of nitrogens with one attached hydrogen (secondary N) is 1. The predicted molar refractivity (Wildman–Crippen MR) is 74.7 cm³/mol. The Morgan fingerprint density at radius 1 is 1.44 bits per heavy atom. The van der Waals surface area contributed by atoms with Crippen LogP contribution in [0.25, 0.3) is 0 Å². The number of nitriles is 1. The monoisotopic (exact) mass is 278 g/mol. The molecule has 0 aliphatic heterocycles. The third kappa shape index (κ3) is 2.73. The fourth-order valence-corrected chi connectivity index (χ4v) is 2.52. The maximum absolute atomic E-state index is 8.81. The molecule has 1 aromatic heterocycles. The summed E-state index contributed by atoms with van der Waals surface area (Å²) in [6, 6.07) is 9.68. The van der Waals surface area contributed by atoms with E-state index in [0.29, 0.717) is 10.0 Å². The van der Waals surface area contributed by atoms with Crippen molar-refractivity contribution in [2.75, 3.05) is 11.1 Å². The van der Waals surface area contributed by atoms with Crippen LogP contribution in [0.4, 0.5) is 10.8 Å². The molecule has 0 amide bonds. The van der Waals surface area contributed by atoms with Crippen LogP contribution < -0.4 is 11.1 Å². The minimum atomic E-state index is 0.0689. The number of nitrogens with zero attached hydrogens (tertiary/aromatic N) is 2. The highest BCUT2D eigenvalue weighted by molar-refractivity contribution is 7.16. The topological polar surface area (TPSA) is 74.7 Å². The second kappa shape index (κ2) is 5.25. The van der Waals surface area contributed by atoms with Crippen LogP contribution in [-0.4, -0.2) is 4.98 Å². The molecule has 4 nitrogen and oxygen atoms in total. The van der Waals surface area contributed by atoms with Crippen molar-refractivity contribution in [1.29, 1.82) is 5.26 Å². The standard InChI is InChI=1S/C12H11ClN4S/c1-7(8-2-4-9(15)5-3-8)16-12-17-11(13)10(6-14)18-12/h2-5,7H,15H2,1H3,(H,16,17). The molecule has 2 rings (SSSR count). The van der Waals surface area contributed by atoms with E-state index in [1.807, 2.05) is 37.3 Å². The number of thiazole rings is 1. The summed E-state index contributed by atoms with van der Waals surface area (Å²) in [5, 5.41) is 12.9. The summed E-state index contributed by atoms with van der Waals surface area (Å²) in [6.07, 6.45) is 0. The molecule has 2 aromatic rings. The van der Waals surface area contributed by atoms with Crippen molar-refractivity contribution in [3.8, 4) is 6.07 Å². The van der Waals surface area contributed by atoms with Crippen molar-refractivity contribution in [2.45, 2.75) is 13.0 Å². The van der Waals surface area contributed by atoms with Gasteiger partial charge in [0.2, 0.25) is 0 Å². The van der Waals surface area contributed by atoms with Crippen molar-refractivity contribution < 1.29 is 0 Å². The molecule has 3 N–H and O–H groups in total. The lowest BCUT2D eigenvalue weighted by Gasteiger charge is -2.13. The molecule has 1 heterocycles. The van der Waals surface area contributed by atoms with E-state index >= 15 is 0 Å². The lowest BCUT2D eigenvalue weighted by molar-refractivity contribution is 0.882. The van der Waals surface area contributed by atoms with Gasteiger partial charge < -0.3 is 11.1 Å². The third-order valence-corrected chi connectivity index (χ3v) is 3.74. The first-order chi connectivity index (χ1) is 8.60. The molecule has 0 spiro atoms. The molecule has 0 fully saturated rings. The fourth-order valence-electron chi connectivity index (χ4n) is 1.49. The number of rotatable bonds is 3. The average molecular weight is 279 g/mol. The minimum Gasteiger partial charge on any atom is -0.399 e. The second-order valence-corrected chi connectivity index (χ2v) is 5.14. The smallest absolute Gasteiger partial charge is 0.185 e. The lowest BCUT2D eigenvalue weighted by atomic mass is 10.1. The van der Waals surface area contributed by atoms with Crippen molar-refractivity contribution in [3.05, 3.63) is 39.9 Å². The largest absolute Gasteiger partial charge is 0.399 e. The number of aromatic nitrogens is 1. The summed E-state index contributed by atoms with van der Waals surface area (Å²) in [6.45, 7) is 2.01. The predicted octanol–water partition coefficient (Wildman–Crippen LogP) is 3.42. The number of nitrogen functional groups attached to an aromatic ring is 1. The highest BCUT2D eigenvalue weighted by atomic mass is 35.5. The highest BCUT2D eigenvalue weighted by Gasteiger charge is 2.11. The fraction of sp³-hybridized carbons (Fsp3) is 0.167. The molecule has 92 valence electrons. The quantitative estimate of drug-likeness (QED) is 0.844.